The minimum atomic E-state index is 0.549. The van der Waals surface area contributed by atoms with Gasteiger partial charge in [-0.05, 0) is 6.92 Å². The summed E-state index contributed by atoms with van der Waals surface area (Å²) in [5.74, 6) is 0. The van der Waals surface area contributed by atoms with Gasteiger partial charge in [-0.3, -0.25) is 5.10 Å². The molecule has 0 unspecified atom stereocenters. The Morgan fingerprint density at radius 3 is 3.22 bits per heavy atom. The molecule has 1 heterocycles. The molecule has 0 radical (unpaired) electrons. The molecule has 0 aliphatic heterocycles. The van der Waals surface area contributed by atoms with E-state index in [0.29, 0.717) is 13.2 Å². The van der Waals surface area contributed by atoms with Crippen molar-refractivity contribution < 1.29 is 4.74 Å². The normalized spacial score (nSPS) is 9.89. The van der Waals surface area contributed by atoms with Gasteiger partial charge in [-0.25, -0.2) is 0 Å². The average molecular weight is 127 g/mol. The third-order valence-corrected chi connectivity index (χ3v) is 0.921. The minimum Gasteiger partial charge on any atom is -0.375 e. The van der Waals surface area contributed by atoms with E-state index in [4.69, 9.17) is 4.74 Å². The maximum Gasteiger partial charge on any atom is 0.108 e. The van der Waals surface area contributed by atoms with Crippen LogP contribution < -0.4 is 0 Å². The summed E-state index contributed by atoms with van der Waals surface area (Å²) in [4.78, 5) is 0. The lowest BCUT2D eigenvalue weighted by Crippen LogP contribution is -1.91. The number of hydrogen-bond donors (Lipinski definition) is 1. The predicted octanol–water partition coefficient (Wildman–Crippen LogP) is 0.341. The summed E-state index contributed by atoms with van der Waals surface area (Å²) in [5, 5.41) is 9.84. The number of aromatic nitrogens is 3. The van der Waals surface area contributed by atoms with Crippen LogP contribution in [0.4, 0.5) is 0 Å². The van der Waals surface area contributed by atoms with Crippen molar-refractivity contribution in [3.05, 3.63) is 11.9 Å². The van der Waals surface area contributed by atoms with E-state index in [1.54, 1.807) is 6.20 Å². The van der Waals surface area contributed by atoms with Crippen LogP contribution in [0, 0.1) is 0 Å². The highest BCUT2D eigenvalue weighted by Crippen LogP contribution is 1.90. The highest BCUT2D eigenvalue weighted by molar-refractivity contribution is 4.86. The highest BCUT2D eigenvalue weighted by atomic mass is 16.5. The molecule has 9 heavy (non-hydrogen) atoms. The number of rotatable bonds is 3. The summed E-state index contributed by atoms with van der Waals surface area (Å²) >= 11 is 0. The smallest absolute Gasteiger partial charge is 0.108 e. The SMILES string of the molecule is CCOCc1c[nH]nn1. The topological polar surface area (TPSA) is 50.8 Å². The molecular weight excluding hydrogens is 118 g/mol. The van der Waals surface area contributed by atoms with E-state index in [2.05, 4.69) is 15.4 Å². The van der Waals surface area contributed by atoms with E-state index in [9.17, 15) is 0 Å². The van der Waals surface area contributed by atoms with E-state index in [1.165, 1.54) is 0 Å². The number of nitrogens with zero attached hydrogens (tertiary/aromatic N) is 2. The Labute approximate surface area is 53.2 Å². The van der Waals surface area contributed by atoms with Crippen LogP contribution in [0.25, 0.3) is 0 Å². The quantitative estimate of drug-likeness (QED) is 0.637. The van der Waals surface area contributed by atoms with Gasteiger partial charge in [-0.2, -0.15) is 0 Å². The Hall–Kier alpha value is -0.900. The van der Waals surface area contributed by atoms with E-state index in [1.807, 2.05) is 6.92 Å². The average Bonchev–Trinajstić information content (AvgIpc) is 2.34. The Balaban J connectivity index is 2.30. The van der Waals surface area contributed by atoms with Crippen molar-refractivity contribution in [1.29, 1.82) is 0 Å². The van der Waals surface area contributed by atoms with Crippen LogP contribution >= 0.6 is 0 Å². The van der Waals surface area contributed by atoms with Crippen LogP contribution in [0.3, 0.4) is 0 Å². The first kappa shape index (κ1) is 6.22. The molecule has 1 aromatic heterocycles. The Morgan fingerprint density at radius 2 is 2.67 bits per heavy atom. The first-order valence-corrected chi connectivity index (χ1v) is 2.86. The van der Waals surface area contributed by atoms with Crippen molar-refractivity contribution in [3.8, 4) is 0 Å². The fourth-order valence-electron chi connectivity index (χ4n) is 0.503. The summed E-state index contributed by atoms with van der Waals surface area (Å²) in [6, 6.07) is 0. The second-order valence-electron chi connectivity index (χ2n) is 1.60. The molecule has 0 fully saturated rings. The molecule has 0 aliphatic carbocycles. The maximum absolute atomic E-state index is 5.06. The second kappa shape index (κ2) is 3.19. The monoisotopic (exact) mass is 127 g/mol. The van der Waals surface area contributed by atoms with Crippen molar-refractivity contribution in [1.82, 2.24) is 15.4 Å². The fraction of sp³-hybridized carbons (Fsp3) is 0.600. The zero-order valence-electron chi connectivity index (χ0n) is 5.29. The third-order valence-electron chi connectivity index (χ3n) is 0.921. The van der Waals surface area contributed by atoms with Crippen molar-refractivity contribution in [2.24, 2.45) is 0 Å². The van der Waals surface area contributed by atoms with Gasteiger partial charge in [0.05, 0.1) is 6.61 Å². The second-order valence-corrected chi connectivity index (χ2v) is 1.60. The summed E-state index contributed by atoms with van der Waals surface area (Å²) < 4.78 is 5.06. The van der Waals surface area contributed by atoms with Crippen molar-refractivity contribution in [2.45, 2.75) is 13.5 Å². The lowest BCUT2D eigenvalue weighted by atomic mass is 10.5. The molecule has 0 spiro atoms. The predicted molar refractivity (Wildman–Crippen MR) is 31.7 cm³/mol. The summed E-state index contributed by atoms with van der Waals surface area (Å²) in [7, 11) is 0. The molecule has 1 N–H and O–H groups in total. The van der Waals surface area contributed by atoms with E-state index >= 15 is 0 Å². The molecule has 1 aromatic rings. The number of hydrogen-bond acceptors (Lipinski definition) is 3. The summed E-state index contributed by atoms with van der Waals surface area (Å²) in [6.07, 6.45) is 1.72. The molecule has 0 bridgehead atoms. The Bertz CT molecular complexity index is 149. The first-order chi connectivity index (χ1) is 4.43. The van der Waals surface area contributed by atoms with Gasteiger partial charge in [0.1, 0.15) is 5.69 Å². The molecular formula is C5H9N3O. The van der Waals surface area contributed by atoms with Gasteiger partial charge in [0.2, 0.25) is 0 Å². The van der Waals surface area contributed by atoms with Gasteiger partial charge in [0.15, 0.2) is 0 Å². The van der Waals surface area contributed by atoms with E-state index < -0.39 is 0 Å². The van der Waals surface area contributed by atoms with Gasteiger partial charge in [-0.15, -0.1) is 5.10 Å². The number of aromatic amines is 1. The van der Waals surface area contributed by atoms with Crippen LogP contribution in [0.1, 0.15) is 12.6 Å². The van der Waals surface area contributed by atoms with Gasteiger partial charge >= 0.3 is 0 Å². The standard InChI is InChI=1S/C5H9N3O/c1-2-9-4-5-3-6-8-7-5/h3H,2,4H2,1H3,(H,6,7,8). The van der Waals surface area contributed by atoms with Gasteiger partial charge in [0, 0.05) is 12.8 Å². The van der Waals surface area contributed by atoms with Crippen molar-refractivity contribution in [3.63, 3.8) is 0 Å². The van der Waals surface area contributed by atoms with Crippen molar-refractivity contribution >= 4 is 0 Å². The van der Waals surface area contributed by atoms with Gasteiger partial charge in [0.25, 0.3) is 0 Å². The first-order valence-electron chi connectivity index (χ1n) is 2.86. The maximum atomic E-state index is 5.06. The van der Waals surface area contributed by atoms with E-state index in [0.717, 1.165) is 5.69 Å². The zero-order chi connectivity index (χ0) is 6.53. The number of nitrogens with one attached hydrogen (secondary N) is 1. The molecule has 0 aromatic carbocycles. The van der Waals surface area contributed by atoms with Crippen LogP contribution in [0.15, 0.2) is 6.20 Å². The third kappa shape index (κ3) is 1.81. The molecule has 1 rings (SSSR count). The molecule has 4 heteroatoms. The van der Waals surface area contributed by atoms with Crippen molar-refractivity contribution in [2.75, 3.05) is 6.61 Å². The van der Waals surface area contributed by atoms with Crippen LogP contribution in [0.5, 0.6) is 0 Å². The minimum absolute atomic E-state index is 0.549. The van der Waals surface area contributed by atoms with Gasteiger partial charge in [-0.1, -0.05) is 5.21 Å². The molecule has 0 atom stereocenters. The summed E-state index contributed by atoms with van der Waals surface area (Å²) in [6.45, 7) is 3.21. The molecule has 0 saturated carbocycles. The Kier molecular flexibility index (Phi) is 2.21. The number of H-pyrrole nitrogens is 1. The van der Waals surface area contributed by atoms with E-state index in [-0.39, 0.29) is 0 Å². The van der Waals surface area contributed by atoms with Crippen LogP contribution in [-0.2, 0) is 11.3 Å². The van der Waals surface area contributed by atoms with Crippen LogP contribution in [0.2, 0.25) is 0 Å². The molecule has 0 saturated heterocycles. The zero-order valence-corrected chi connectivity index (χ0v) is 5.29. The number of ether oxygens (including phenoxy) is 1. The largest absolute Gasteiger partial charge is 0.375 e. The van der Waals surface area contributed by atoms with Crippen LogP contribution in [-0.4, -0.2) is 22.0 Å². The Morgan fingerprint density at radius 1 is 1.78 bits per heavy atom. The highest BCUT2D eigenvalue weighted by Gasteiger charge is 1.91. The summed E-state index contributed by atoms with van der Waals surface area (Å²) in [5.41, 5.74) is 0.844. The lowest BCUT2D eigenvalue weighted by Gasteiger charge is -1.92. The molecule has 50 valence electrons. The molecule has 0 aliphatic rings. The lowest BCUT2D eigenvalue weighted by molar-refractivity contribution is 0.131. The van der Waals surface area contributed by atoms with Gasteiger partial charge < -0.3 is 4.74 Å². The molecule has 0 amide bonds. The molecule has 4 nitrogen and oxygen atoms in total. The fourth-order valence-corrected chi connectivity index (χ4v) is 0.503.